The van der Waals surface area contributed by atoms with Gasteiger partial charge in [0.1, 0.15) is 29.2 Å². The van der Waals surface area contributed by atoms with E-state index in [1.165, 1.54) is 34.6 Å². The molecule has 0 radical (unpaired) electrons. The van der Waals surface area contributed by atoms with Gasteiger partial charge in [0.2, 0.25) is 0 Å². The van der Waals surface area contributed by atoms with E-state index in [2.05, 4.69) is 11.7 Å². The van der Waals surface area contributed by atoms with Gasteiger partial charge in [-0.2, -0.15) is 5.10 Å². The monoisotopic (exact) mass is 364 g/mol. The van der Waals surface area contributed by atoms with Crippen LogP contribution in [-0.4, -0.2) is 25.5 Å². The molecule has 0 atom stereocenters. The van der Waals surface area contributed by atoms with Crippen LogP contribution >= 0.6 is 11.6 Å². The summed E-state index contributed by atoms with van der Waals surface area (Å²) in [5.74, 6) is -0.684. The highest BCUT2D eigenvalue weighted by Gasteiger charge is 2.19. The van der Waals surface area contributed by atoms with E-state index in [1.807, 2.05) is 0 Å². The molecule has 0 aliphatic heterocycles. The molecule has 0 aliphatic carbocycles. The number of aryl methyl sites for hydroxylation is 2. The number of aromatic nitrogens is 4. The quantitative estimate of drug-likeness (QED) is 0.662. The fourth-order valence-corrected chi connectivity index (χ4v) is 2.79. The molecule has 9 heteroatoms. The van der Waals surface area contributed by atoms with Crippen LogP contribution < -0.4 is 16.0 Å². The van der Waals surface area contributed by atoms with Gasteiger partial charge in [0.25, 0.3) is 5.56 Å². The number of ether oxygens (including phenoxy) is 1. The van der Waals surface area contributed by atoms with Crippen LogP contribution in [-0.2, 0) is 14.1 Å². The lowest BCUT2D eigenvalue weighted by Gasteiger charge is -2.13. The second-order valence-electron chi connectivity index (χ2n) is 5.32. The zero-order valence-electron chi connectivity index (χ0n) is 13.5. The van der Waals surface area contributed by atoms with Gasteiger partial charge >= 0.3 is 5.69 Å². The number of fused-ring (bicyclic) bond motifs is 1. The number of hydrogen-bond donors (Lipinski definition) is 0. The van der Waals surface area contributed by atoms with Crippen LogP contribution in [0.5, 0.6) is 5.75 Å². The molecule has 0 saturated heterocycles. The van der Waals surface area contributed by atoms with E-state index in [9.17, 15) is 14.0 Å². The Balaban J connectivity index is 2.36. The Kier molecular flexibility index (Phi) is 4.22. The van der Waals surface area contributed by atoms with Crippen molar-refractivity contribution in [3.63, 3.8) is 0 Å². The predicted molar refractivity (Wildman–Crippen MR) is 92.2 cm³/mol. The molecular formula is C16H14ClFN4O3. The summed E-state index contributed by atoms with van der Waals surface area (Å²) < 4.78 is 23.2. The maximum atomic E-state index is 14.4. The van der Waals surface area contributed by atoms with Gasteiger partial charge in [0.15, 0.2) is 0 Å². The van der Waals surface area contributed by atoms with Gasteiger partial charge in [-0.15, -0.1) is 0 Å². The van der Waals surface area contributed by atoms with Crippen molar-refractivity contribution in [1.82, 2.24) is 18.9 Å². The van der Waals surface area contributed by atoms with E-state index in [4.69, 9.17) is 16.3 Å². The summed E-state index contributed by atoms with van der Waals surface area (Å²) >= 11 is 5.95. The van der Waals surface area contributed by atoms with E-state index in [-0.39, 0.29) is 28.5 Å². The lowest BCUT2D eigenvalue weighted by atomic mass is 10.2. The summed E-state index contributed by atoms with van der Waals surface area (Å²) in [4.78, 5) is 25.4. The van der Waals surface area contributed by atoms with E-state index in [0.29, 0.717) is 5.65 Å². The lowest BCUT2D eigenvalue weighted by molar-refractivity contribution is 0.362. The molecule has 2 heterocycles. The minimum atomic E-state index is -0.821. The summed E-state index contributed by atoms with van der Waals surface area (Å²) in [6.07, 6.45) is 2.82. The normalized spacial score (nSPS) is 11.0. The SMILES string of the molecule is C=CCOc1cc(-n2c(=O)c3cnn(C)c3n(C)c2=O)c(F)cc1Cl. The first kappa shape index (κ1) is 17.0. The second kappa shape index (κ2) is 6.21. The summed E-state index contributed by atoms with van der Waals surface area (Å²) in [5.41, 5.74) is -1.30. The average molecular weight is 365 g/mol. The minimum absolute atomic E-state index is 0.0235. The Bertz CT molecular complexity index is 1110. The molecule has 7 nitrogen and oxygen atoms in total. The first-order valence-corrected chi connectivity index (χ1v) is 7.61. The highest BCUT2D eigenvalue weighted by molar-refractivity contribution is 6.32. The van der Waals surface area contributed by atoms with Crippen molar-refractivity contribution >= 4 is 22.6 Å². The molecule has 3 rings (SSSR count). The smallest absolute Gasteiger partial charge is 0.337 e. The molecule has 1 aromatic carbocycles. The summed E-state index contributed by atoms with van der Waals surface area (Å²) in [6, 6.07) is 2.21. The number of hydrogen-bond acceptors (Lipinski definition) is 4. The van der Waals surface area contributed by atoms with E-state index < -0.39 is 17.1 Å². The fraction of sp³-hybridized carbons (Fsp3) is 0.188. The number of rotatable bonds is 4. The largest absolute Gasteiger partial charge is 0.488 e. The van der Waals surface area contributed by atoms with E-state index in [0.717, 1.165) is 10.6 Å². The molecule has 0 saturated carbocycles. The third-order valence-corrected chi connectivity index (χ3v) is 4.03. The van der Waals surface area contributed by atoms with Crippen molar-refractivity contribution in [3.05, 3.63) is 62.7 Å². The van der Waals surface area contributed by atoms with Gasteiger partial charge in [-0.05, 0) is 6.07 Å². The van der Waals surface area contributed by atoms with Gasteiger partial charge in [-0.1, -0.05) is 24.3 Å². The van der Waals surface area contributed by atoms with E-state index >= 15 is 0 Å². The lowest BCUT2D eigenvalue weighted by Crippen LogP contribution is -2.38. The minimum Gasteiger partial charge on any atom is -0.488 e. The van der Waals surface area contributed by atoms with Crippen LogP contribution in [0.25, 0.3) is 16.7 Å². The Morgan fingerprint density at radius 2 is 2.08 bits per heavy atom. The number of benzene rings is 1. The summed E-state index contributed by atoms with van der Waals surface area (Å²) in [5, 5.41) is 4.19. The van der Waals surface area contributed by atoms with Crippen molar-refractivity contribution in [2.24, 2.45) is 14.1 Å². The highest BCUT2D eigenvalue weighted by atomic mass is 35.5. The number of halogens is 2. The molecular weight excluding hydrogens is 351 g/mol. The summed E-state index contributed by atoms with van der Waals surface area (Å²) in [7, 11) is 3.08. The highest BCUT2D eigenvalue weighted by Crippen LogP contribution is 2.29. The van der Waals surface area contributed by atoms with Crippen LogP contribution in [0.1, 0.15) is 0 Å². The van der Waals surface area contributed by atoms with Crippen molar-refractivity contribution in [1.29, 1.82) is 0 Å². The van der Waals surface area contributed by atoms with Crippen LogP contribution in [0.3, 0.4) is 0 Å². The molecule has 25 heavy (non-hydrogen) atoms. The molecule has 3 aromatic rings. The first-order valence-electron chi connectivity index (χ1n) is 7.23. The second-order valence-corrected chi connectivity index (χ2v) is 5.73. The van der Waals surface area contributed by atoms with Gasteiger partial charge in [-0.25, -0.2) is 13.8 Å². The van der Waals surface area contributed by atoms with E-state index in [1.54, 1.807) is 7.05 Å². The van der Waals surface area contributed by atoms with Crippen molar-refractivity contribution in [2.75, 3.05) is 6.61 Å². The molecule has 2 aromatic heterocycles. The average Bonchev–Trinajstić information content (AvgIpc) is 2.96. The van der Waals surface area contributed by atoms with Gasteiger partial charge in [0, 0.05) is 20.2 Å². The van der Waals surface area contributed by atoms with Crippen molar-refractivity contribution < 1.29 is 9.13 Å². The van der Waals surface area contributed by atoms with Crippen LogP contribution in [0.2, 0.25) is 5.02 Å². The topological polar surface area (TPSA) is 71.1 Å². The number of nitrogens with zero attached hydrogens (tertiary/aromatic N) is 4. The molecule has 0 N–H and O–H groups in total. The van der Waals surface area contributed by atoms with Crippen LogP contribution in [0.15, 0.2) is 40.6 Å². The zero-order valence-corrected chi connectivity index (χ0v) is 14.2. The van der Waals surface area contributed by atoms with Gasteiger partial charge < -0.3 is 4.74 Å². The van der Waals surface area contributed by atoms with Crippen LogP contribution in [0.4, 0.5) is 4.39 Å². The standard InChI is InChI=1S/C16H14ClFN4O3/c1-4-5-25-13-7-12(11(18)6-10(13)17)22-15(23)9-8-19-21(3)14(9)20(2)16(22)24/h4,6-8H,1,5H2,2-3H3. The first-order chi connectivity index (χ1) is 11.9. The molecule has 0 spiro atoms. The van der Waals surface area contributed by atoms with Gasteiger partial charge in [-0.3, -0.25) is 14.0 Å². The maximum Gasteiger partial charge on any atom is 0.337 e. The van der Waals surface area contributed by atoms with Crippen molar-refractivity contribution in [2.45, 2.75) is 0 Å². The Morgan fingerprint density at radius 3 is 2.76 bits per heavy atom. The van der Waals surface area contributed by atoms with Crippen molar-refractivity contribution in [3.8, 4) is 11.4 Å². The predicted octanol–water partition coefficient (Wildman–Crippen LogP) is 1.78. The Labute approximate surface area is 146 Å². The maximum absolute atomic E-state index is 14.4. The third-order valence-electron chi connectivity index (χ3n) is 3.74. The molecule has 0 bridgehead atoms. The molecule has 0 fully saturated rings. The molecule has 0 amide bonds. The fourth-order valence-electron chi connectivity index (χ4n) is 2.59. The molecule has 130 valence electrons. The third kappa shape index (κ3) is 2.64. The van der Waals surface area contributed by atoms with Gasteiger partial charge in [0.05, 0.1) is 16.9 Å². The Hall–Kier alpha value is -2.87. The molecule has 0 aliphatic rings. The summed E-state index contributed by atoms with van der Waals surface area (Å²) in [6.45, 7) is 3.66. The van der Waals surface area contributed by atoms with Crippen LogP contribution in [0, 0.1) is 5.82 Å². The molecule has 0 unspecified atom stereocenters. The Morgan fingerprint density at radius 1 is 1.36 bits per heavy atom. The zero-order chi connectivity index (χ0) is 18.3.